The van der Waals surface area contributed by atoms with Gasteiger partial charge in [-0.05, 0) is 24.3 Å². The lowest BCUT2D eigenvalue weighted by atomic mass is 10.0. The fourth-order valence-corrected chi connectivity index (χ4v) is 3.36. The number of rotatable bonds is 3. The second kappa shape index (κ2) is 6.63. The van der Waals surface area contributed by atoms with E-state index >= 15 is 0 Å². The summed E-state index contributed by atoms with van der Waals surface area (Å²) < 4.78 is 0. The summed E-state index contributed by atoms with van der Waals surface area (Å²) in [5.41, 5.74) is 0.931. The third-order valence-corrected chi connectivity index (χ3v) is 4.62. The number of hydrogen-bond acceptors (Lipinski definition) is 2. The average Bonchev–Trinajstić information content (AvgIpc) is 2.56. The number of nitrogens with zero attached hydrogens (tertiary/aromatic N) is 2. The van der Waals surface area contributed by atoms with E-state index in [2.05, 4.69) is 12.1 Å². The first-order valence-electron chi connectivity index (χ1n) is 8.57. The Balaban J connectivity index is 1.87. The summed E-state index contributed by atoms with van der Waals surface area (Å²) in [6.07, 6.45) is 0.492. The molecule has 24 heavy (non-hydrogen) atoms. The quantitative estimate of drug-likeness (QED) is 0.867. The van der Waals surface area contributed by atoms with Crippen LogP contribution in [0.2, 0.25) is 0 Å². The molecule has 1 unspecified atom stereocenters. The van der Waals surface area contributed by atoms with Crippen molar-refractivity contribution in [2.24, 2.45) is 5.92 Å². The van der Waals surface area contributed by atoms with Crippen molar-refractivity contribution in [3.63, 3.8) is 0 Å². The number of hydrogen-bond donors (Lipinski definition) is 0. The number of carbonyl (C=O) groups is 2. The zero-order valence-electron chi connectivity index (χ0n) is 14.5. The lowest BCUT2D eigenvalue weighted by Gasteiger charge is -2.39. The maximum Gasteiger partial charge on any atom is 0.249 e. The van der Waals surface area contributed by atoms with Crippen LogP contribution in [0.3, 0.4) is 0 Å². The number of piperazine rings is 1. The van der Waals surface area contributed by atoms with Crippen molar-refractivity contribution >= 4 is 28.3 Å². The van der Waals surface area contributed by atoms with Gasteiger partial charge in [0.1, 0.15) is 6.04 Å². The molecule has 2 aromatic carbocycles. The molecular weight excluding hydrogens is 300 g/mol. The fraction of sp³-hybridized carbons (Fsp3) is 0.400. The number of fused-ring (bicyclic) bond motifs is 1. The molecule has 3 rings (SSSR count). The summed E-state index contributed by atoms with van der Waals surface area (Å²) in [6.45, 7) is 7.01. The van der Waals surface area contributed by atoms with E-state index in [1.807, 2.05) is 56.0 Å². The van der Waals surface area contributed by atoms with E-state index in [0.717, 1.165) is 16.5 Å². The van der Waals surface area contributed by atoms with Crippen molar-refractivity contribution in [2.75, 3.05) is 18.0 Å². The van der Waals surface area contributed by atoms with Crippen LogP contribution in [0, 0.1) is 5.92 Å². The Labute approximate surface area is 143 Å². The molecule has 2 amide bonds. The normalized spacial score (nSPS) is 18.5. The Morgan fingerprint density at radius 3 is 2.58 bits per heavy atom. The SMILES string of the molecule is CC(C)CC(=O)N1CCN(c2cccc3ccccc23)C(=O)C1C. The topological polar surface area (TPSA) is 40.6 Å². The monoisotopic (exact) mass is 324 g/mol. The highest BCUT2D eigenvalue weighted by atomic mass is 16.2. The molecular formula is C20H24N2O2. The van der Waals surface area contributed by atoms with Gasteiger partial charge in [-0.1, -0.05) is 50.2 Å². The lowest BCUT2D eigenvalue weighted by molar-refractivity contribution is -0.141. The number of amides is 2. The molecule has 1 atom stereocenters. The maximum absolute atomic E-state index is 12.9. The molecule has 2 aromatic rings. The maximum atomic E-state index is 12.9. The number of anilines is 1. The summed E-state index contributed by atoms with van der Waals surface area (Å²) in [7, 11) is 0. The van der Waals surface area contributed by atoms with Crippen LogP contribution in [0.4, 0.5) is 5.69 Å². The Kier molecular flexibility index (Phi) is 4.56. The zero-order chi connectivity index (χ0) is 17.3. The molecule has 0 radical (unpaired) electrons. The van der Waals surface area contributed by atoms with Gasteiger partial charge >= 0.3 is 0 Å². The summed E-state index contributed by atoms with van der Waals surface area (Å²) in [5, 5.41) is 2.19. The van der Waals surface area contributed by atoms with E-state index in [0.29, 0.717) is 25.4 Å². The Morgan fingerprint density at radius 1 is 1.12 bits per heavy atom. The number of carbonyl (C=O) groups excluding carboxylic acids is 2. The average molecular weight is 324 g/mol. The largest absolute Gasteiger partial charge is 0.329 e. The van der Waals surface area contributed by atoms with Gasteiger partial charge in [-0.3, -0.25) is 9.59 Å². The summed E-state index contributed by atoms with van der Waals surface area (Å²) >= 11 is 0. The minimum absolute atomic E-state index is 0.00490. The Hall–Kier alpha value is -2.36. The molecule has 1 saturated heterocycles. The van der Waals surface area contributed by atoms with Crippen LogP contribution in [-0.4, -0.2) is 35.8 Å². The predicted octanol–water partition coefficient (Wildman–Crippen LogP) is 3.45. The van der Waals surface area contributed by atoms with Crippen molar-refractivity contribution in [3.05, 3.63) is 42.5 Å². The minimum atomic E-state index is -0.413. The summed E-state index contributed by atoms with van der Waals surface area (Å²) in [4.78, 5) is 28.8. The highest BCUT2D eigenvalue weighted by Gasteiger charge is 2.35. The van der Waals surface area contributed by atoms with Gasteiger partial charge in [-0.15, -0.1) is 0 Å². The van der Waals surface area contributed by atoms with E-state index in [1.165, 1.54) is 0 Å². The van der Waals surface area contributed by atoms with Gasteiger partial charge < -0.3 is 9.80 Å². The second-order valence-electron chi connectivity index (χ2n) is 6.85. The second-order valence-corrected chi connectivity index (χ2v) is 6.85. The first-order chi connectivity index (χ1) is 11.5. The molecule has 0 bridgehead atoms. The fourth-order valence-electron chi connectivity index (χ4n) is 3.36. The Morgan fingerprint density at radius 2 is 1.83 bits per heavy atom. The van der Waals surface area contributed by atoms with Crippen LogP contribution in [0.15, 0.2) is 42.5 Å². The summed E-state index contributed by atoms with van der Waals surface area (Å²) in [5.74, 6) is 0.369. The van der Waals surface area contributed by atoms with Gasteiger partial charge in [0.05, 0.1) is 5.69 Å². The van der Waals surface area contributed by atoms with Gasteiger partial charge in [-0.2, -0.15) is 0 Å². The van der Waals surface area contributed by atoms with E-state index < -0.39 is 6.04 Å². The zero-order valence-corrected chi connectivity index (χ0v) is 14.5. The van der Waals surface area contributed by atoms with Crippen molar-refractivity contribution in [1.82, 2.24) is 4.90 Å². The van der Waals surface area contributed by atoms with Gasteiger partial charge in [0.15, 0.2) is 0 Å². The van der Waals surface area contributed by atoms with Crippen LogP contribution in [0.25, 0.3) is 10.8 Å². The molecule has 4 nitrogen and oxygen atoms in total. The van der Waals surface area contributed by atoms with Crippen LogP contribution < -0.4 is 4.90 Å². The van der Waals surface area contributed by atoms with Crippen molar-refractivity contribution in [1.29, 1.82) is 0 Å². The molecule has 0 saturated carbocycles. The van der Waals surface area contributed by atoms with Gasteiger partial charge in [0.2, 0.25) is 11.8 Å². The molecule has 1 fully saturated rings. The van der Waals surface area contributed by atoms with E-state index in [9.17, 15) is 9.59 Å². The smallest absolute Gasteiger partial charge is 0.249 e. The molecule has 0 N–H and O–H groups in total. The van der Waals surface area contributed by atoms with Crippen molar-refractivity contribution < 1.29 is 9.59 Å². The molecule has 1 heterocycles. The van der Waals surface area contributed by atoms with Crippen LogP contribution in [0.1, 0.15) is 27.2 Å². The first-order valence-corrected chi connectivity index (χ1v) is 8.57. The van der Waals surface area contributed by atoms with E-state index in [-0.39, 0.29) is 11.8 Å². The van der Waals surface area contributed by atoms with E-state index in [4.69, 9.17) is 0 Å². The van der Waals surface area contributed by atoms with Crippen molar-refractivity contribution in [2.45, 2.75) is 33.2 Å². The van der Waals surface area contributed by atoms with Gasteiger partial charge in [-0.25, -0.2) is 0 Å². The Bertz CT molecular complexity index is 764. The molecule has 0 aliphatic carbocycles. The van der Waals surface area contributed by atoms with Gasteiger partial charge in [0.25, 0.3) is 0 Å². The first kappa shape index (κ1) is 16.5. The van der Waals surface area contributed by atoms with Crippen LogP contribution >= 0.6 is 0 Å². The molecule has 126 valence electrons. The van der Waals surface area contributed by atoms with Gasteiger partial charge in [0, 0.05) is 24.9 Å². The molecule has 0 spiro atoms. The third-order valence-electron chi connectivity index (χ3n) is 4.62. The minimum Gasteiger partial charge on any atom is -0.329 e. The van der Waals surface area contributed by atoms with Crippen LogP contribution in [-0.2, 0) is 9.59 Å². The lowest BCUT2D eigenvalue weighted by Crippen LogP contribution is -2.58. The standard InChI is InChI=1S/C20H24N2O2/c1-14(2)13-19(23)21-11-12-22(20(24)15(21)3)18-10-6-8-16-7-4-5-9-17(16)18/h4-10,14-15H,11-13H2,1-3H3. The van der Waals surface area contributed by atoms with Crippen molar-refractivity contribution in [3.8, 4) is 0 Å². The summed E-state index contributed by atoms with van der Waals surface area (Å²) in [6, 6.07) is 13.7. The molecule has 1 aliphatic heterocycles. The third kappa shape index (κ3) is 3.01. The highest BCUT2D eigenvalue weighted by Crippen LogP contribution is 2.29. The molecule has 1 aliphatic rings. The molecule has 4 heteroatoms. The van der Waals surface area contributed by atoms with Crippen LogP contribution in [0.5, 0.6) is 0 Å². The van der Waals surface area contributed by atoms with E-state index in [1.54, 1.807) is 4.90 Å². The number of benzene rings is 2. The predicted molar refractivity (Wildman–Crippen MR) is 96.9 cm³/mol. The molecule has 0 aromatic heterocycles. The highest BCUT2D eigenvalue weighted by molar-refractivity contribution is 6.06.